The lowest BCUT2D eigenvalue weighted by atomic mass is 9.98. The maximum Gasteiger partial charge on any atom is 0.251 e. The fraction of sp³-hybridized carbons (Fsp3) is 0.588. The van der Waals surface area contributed by atoms with Crippen LogP contribution < -0.4 is 0 Å². The highest BCUT2D eigenvalue weighted by molar-refractivity contribution is 5.80. The first-order chi connectivity index (χ1) is 10.5. The number of likely N-dealkylation sites (tertiary alicyclic amines) is 1. The second-order valence-corrected chi connectivity index (χ2v) is 6.43. The average molecular weight is 306 g/mol. The van der Waals surface area contributed by atoms with Gasteiger partial charge in [0.25, 0.3) is 5.91 Å². The SMILES string of the molecule is CN(C)C(=O)[C@@H]1CC[C@@H]2[C@@H](CCN2Cc2ccc(F)cc2)O1. The molecule has 0 spiro atoms. The minimum atomic E-state index is -0.290. The number of likely N-dealkylation sites (N-methyl/N-ethyl adjacent to an activating group) is 1. The van der Waals surface area contributed by atoms with Crippen molar-refractivity contribution in [1.29, 1.82) is 0 Å². The van der Waals surface area contributed by atoms with Crippen LogP contribution in [0.2, 0.25) is 0 Å². The van der Waals surface area contributed by atoms with E-state index in [1.54, 1.807) is 19.0 Å². The lowest BCUT2D eigenvalue weighted by molar-refractivity contribution is -0.152. The molecule has 3 atom stereocenters. The van der Waals surface area contributed by atoms with Crippen molar-refractivity contribution in [3.63, 3.8) is 0 Å². The molecule has 2 aliphatic rings. The van der Waals surface area contributed by atoms with Crippen LogP contribution >= 0.6 is 0 Å². The molecule has 0 bridgehead atoms. The van der Waals surface area contributed by atoms with Crippen LogP contribution in [0.4, 0.5) is 4.39 Å². The quantitative estimate of drug-likeness (QED) is 0.857. The Balaban J connectivity index is 1.60. The number of rotatable bonds is 3. The lowest BCUT2D eigenvalue weighted by Gasteiger charge is -2.36. The number of carbonyl (C=O) groups excluding carboxylic acids is 1. The van der Waals surface area contributed by atoms with Crippen LogP contribution in [0.1, 0.15) is 24.8 Å². The van der Waals surface area contributed by atoms with Crippen LogP contribution in [-0.4, -0.2) is 54.6 Å². The minimum Gasteiger partial charge on any atom is -0.363 e. The maximum atomic E-state index is 13.0. The molecule has 22 heavy (non-hydrogen) atoms. The number of halogens is 1. The van der Waals surface area contributed by atoms with Crippen LogP contribution in [0, 0.1) is 5.82 Å². The van der Waals surface area contributed by atoms with Gasteiger partial charge in [0, 0.05) is 33.2 Å². The van der Waals surface area contributed by atoms with Crippen molar-refractivity contribution < 1.29 is 13.9 Å². The Labute approximate surface area is 130 Å². The van der Waals surface area contributed by atoms with Crippen LogP contribution in [0.3, 0.4) is 0 Å². The molecule has 0 aromatic heterocycles. The molecule has 120 valence electrons. The number of fused-ring (bicyclic) bond motifs is 1. The number of ether oxygens (including phenoxy) is 1. The molecule has 0 saturated carbocycles. The Hall–Kier alpha value is -1.46. The van der Waals surface area contributed by atoms with E-state index < -0.39 is 0 Å². The number of hydrogen-bond acceptors (Lipinski definition) is 3. The zero-order valence-electron chi connectivity index (χ0n) is 13.2. The Morgan fingerprint density at radius 3 is 2.68 bits per heavy atom. The summed E-state index contributed by atoms with van der Waals surface area (Å²) < 4.78 is 19.0. The summed E-state index contributed by atoms with van der Waals surface area (Å²) in [6.45, 7) is 1.78. The van der Waals surface area contributed by atoms with E-state index >= 15 is 0 Å². The summed E-state index contributed by atoms with van der Waals surface area (Å²) in [5.41, 5.74) is 1.12. The van der Waals surface area contributed by atoms with E-state index in [0.717, 1.165) is 37.9 Å². The molecule has 0 N–H and O–H groups in total. The van der Waals surface area contributed by atoms with Gasteiger partial charge in [-0.3, -0.25) is 9.69 Å². The van der Waals surface area contributed by atoms with Crippen molar-refractivity contribution in [2.24, 2.45) is 0 Å². The Kier molecular flexibility index (Phi) is 4.45. The Morgan fingerprint density at radius 2 is 2.00 bits per heavy atom. The molecule has 0 radical (unpaired) electrons. The highest BCUT2D eigenvalue weighted by atomic mass is 19.1. The fourth-order valence-electron chi connectivity index (χ4n) is 3.51. The van der Waals surface area contributed by atoms with Gasteiger partial charge in [0.15, 0.2) is 0 Å². The molecule has 4 nitrogen and oxygen atoms in total. The van der Waals surface area contributed by atoms with Gasteiger partial charge in [0.05, 0.1) is 6.10 Å². The summed E-state index contributed by atoms with van der Waals surface area (Å²) in [6.07, 6.45) is 2.57. The van der Waals surface area contributed by atoms with Gasteiger partial charge < -0.3 is 9.64 Å². The molecule has 2 saturated heterocycles. The van der Waals surface area contributed by atoms with Crippen molar-refractivity contribution in [3.8, 4) is 0 Å². The third-order valence-corrected chi connectivity index (χ3v) is 4.68. The van der Waals surface area contributed by atoms with E-state index in [4.69, 9.17) is 4.74 Å². The predicted molar refractivity (Wildman–Crippen MR) is 81.8 cm³/mol. The normalized spacial score (nSPS) is 28.4. The molecule has 1 amide bonds. The Bertz CT molecular complexity index is 532. The molecule has 3 rings (SSSR count). The summed E-state index contributed by atoms with van der Waals surface area (Å²) in [4.78, 5) is 16.0. The van der Waals surface area contributed by atoms with Gasteiger partial charge in [0.1, 0.15) is 11.9 Å². The summed E-state index contributed by atoms with van der Waals surface area (Å²) >= 11 is 0. The van der Waals surface area contributed by atoms with Gasteiger partial charge in [-0.25, -0.2) is 4.39 Å². The largest absolute Gasteiger partial charge is 0.363 e. The zero-order valence-corrected chi connectivity index (χ0v) is 13.2. The van der Waals surface area contributed by atoms with Gasteiger partial charge in [-0.05, 0) is 37.0 Å². The van der Waals surface area contributed by atoms with E-state index in [0.29, 0.717) is 6.04 Å². The topological polar surface area (TPSA) is 32.8 Å². The van der Waals surface area contributed by atoms with E-state index in [1.807, 2.05) is 12.1 Å². The van der Waals surface area contributed by atoms with Crippen LogP contribution in [0.5, 0.6) is 0 Å². The second kappa shape index (κ2) is 6.34. The van der Waals surface area contributed by atoms with E-state index in [9.17, 15) is 9.18 Å². The van der Waals surface area contributed by atoms with Crippen LogP contribution in [0.15, 0.2) is 24.3 Å². The van der Waals surface area contributed by atoms with Gasteiger partial charge >= 0.3 is 0 Å². The average Bonchev–Trinajstić information content (AvgIpc) is 2.91. The highest BCUT2D eigenvalue weighted by Crippen LogP contribution is 2.32. The van der Waals surface area contributed by atoms with Gasteiger partial charge in [-0.15, -0.1) is 0 Å². The summed E-state index contributed by atoms with van der Waals surface area (Å²) in [6, 6.07) is 7.06. The van der Waals surface area contributed by atoms with Crippen molar-refractivity contribution in [3.05, 3.63) is 35.6 Å². The predicted octanol–water partition coefficient (Wildman–Crippen LogP) is 2.04. The molecule has 1 aromatic carbocycles. The van der Waals surface area contributed by atoms with Crippen molar-refractivity contribution in [2.45, 2.75) is 44.1 Å². The fourth-order valence-corrected chi connectivity index (χ4v) is 3.51. The maximum absolute atomic E-state index is 13.0. The molecule has 1 aromatic rings. The monoisotopic (exact) mass is 306 g/mol. The molecule has 2 fully saturated rings. The third-order valence-electron chi connectivity index (χ3n) is 4.68. The third kappa shape index (κ3) is 3.15. The van der Waals surface area contributed by atoms with Gasteiger partial charge in [-0.1, -0.05) is 12.1 Å². The number of benzene rings is 1. The number of amides is 1. The van der Waals surface area contributed by atoms with E-state index in [-0.39, 0.29) is 23.9 Å². The van der Waals surface area contributed by atoms with Gasteiger partial charge in [0.2, 0.25) is 0 Å². The minimum absolute atomic E-state index is 0.0652. The molecule has 0 unspecified atom stereocenters. The van der Waals surface area contributed by atoms with Gasteiger partial charge in [-0.2, -0.15) is 0 Å². The summed E-state index contributed by atoms with van der Waals surface area (Å²) in [5.74, 6) is -0.135. The molecule has 2 heterocycles. The van der Waals surface area contributed by atoms with E-state index in [1.165, 1.54) is 12.1 Å². The Morgan fingerprint density at radius 1 is 1.27 bits per heavy atom. The molecule has 2 aliphatic heterocycles. The van der Waals surface area contributed by atoms with Crippen LogP contribution in [-0.2, 0) is 16.1 Å². The number of carbonyl (C=O) groups is 1. The van der Waals surface area contributed by atoms with E-state index in [2.05, 4.69) is 4.90 Å². The number of hydrogen-bond donors (Lipinski definition) is 0. The van der Waals surface area contributed by atoms with Crippen LogP contribution in [0.25, 0.3) is 0 Å². The number of nitrogens with zero attached hydrogens (tertiary/aromatic N) is 2. The molecule has 0 aliphatic carbocycles. The first-order valence-electron chi connectivity index (χ1n) is 7.89. The first kappa shape index (κ1) is 15.4. The highest BCUT2D eigenvalue weighted by Gasteiger charge is 2.41. The zero-order chi connectivity index (χ0) is 15.7. The molecular formula is C17H23FN2O2. The molecular weight excluding hydrogens is 283 g/mol. The van der Waals surface area contributed by atoms with Crippen molar-refractivity contribution in [1.82, 2.24) is 9.80 Å². The summed E-state index contributed by atoms with van der Waals surface area (Å²) in [7, 11) is 3.54. The van der Waals surface area contributed by atoms with Crippen molar-refractivity contribution in [2.75, 3.05) is 20.6 Å². The standard InChI is InChI=1S/C17H23FN2O2/c1-19(2)17(21)16-8-7-14-15(22-16)9-10-20(14)11-12-3-5-13(18)6-4-12/h3-6,14-16H,7-11H2,1-2H3/t14-,15-,16+/m1/s1. The smallest absolute Gasteiger partial charge is 0.251 e. The molecule has 5 heteroatoms. The van der Waals surface area contributed by atoms with Crippen molar-refractivity contribution >= 4 is 5.91 Å². The second-order valence-electron chi connectivity index (χ2n) is 6.43. The first-order valence-corrected chi connectivity index (χ1v) is 7.89. The summed E-state index contributed by atoms with van der Waals surface area (Å²) in [5, 5.41) is 0. The lowest BCUT2D eigenvalue weighted by Crippen LogP contribution is -2.47.